The maximum atomic E-state index is 12.7. The zero-order valence-electron chi connectivity index (χ0n) is 19.2. The minimum absolute atomic E-state index is 0.136. The van der Waals surface area contributed by atoms with Crippen LogP contribution >= 0.6 is 0 Å². The number of nitrogens with one attached hydrogen (secondary N) is 3. The summed E-state index contributed by atoms with van der Waals surface area (Å²) in [6.07, 6.45) is 13.1. The number of fused-ring (bicyclic) bond motifs is 1. The van der Waals surface area contributed by atoms with Gasteiger partial charge in [0.1, 0.15) is 0 Å². The van der Waals surface area contributed by atoms with Crippen molar-refractivity contribution < 1.29 is 9.59 Å². The van der Waals surface area contributed by atoms with Gasteiger partial charge < -0.3 is 15.6 Å². The van der Waals surface area contributed by atoms with Gasteiger partial charge in [-0.05, 0) is 61.6 Å². The topological polar surface area (TPSA) is 74.0 Å². The van der Waals surface area contributed by atoms with Crippen LogP contribution in [0, 0.1) is 11.8 Å². The van der Waals surface area contributed by atoms with Crippen molar-refractivity contribution in [1.82, 2.24) is 4.98 Å². The second-order valence-corrected chi connectivity index (χ2v) is 9.69. The van der Waals surface area contributed by atoms with Gasteiger partial charge in [0.2, 0.25) is 11.8 Å². The summed E-state index contributed by atoms with van der Waals surface area (Å²) in [6.45, 7) is 0. The summed E-state index contributed by atoms with van der Waals surface area (Å²) in [5, 5.41) is 7.30. The third kappa shape index (κ3) is 4.97. The van der Waals surface area contributed by atoms with Gasteiger partial charge >= 0.3 is 0 Å². The van der Waals surface area contributed by atoms with Gasteiger partial charge in [-0.1, -0.05) is 50.7 Å². The molecular weight excluding hydrogens is 410 g/mol. The average molecular weight is 444 g/mol. The number of carbonyl (C=O) groups excluding carboxylic acids is 2. The van der Waals surface area contributed by atoms with E-state index in [2.05, 4.69) is 21.7 Å². The minimum Gasteiger partial charge on any atom is -0.361 e. The fraction of sp³-hybridized carbons (Fsp3) is 0.429. The smallest absolute Gasteiger partial charge is 0.227 e. The van der Waals surface area contributed by atoms with Gasteiger partial charge in [-0.2, -0.15) is 0 Å². The summed E-state index contributed by atoms with van der Waals surface area (Å²) < 4.78 is 0. The van der Waals surface area contributed by atoms with Crippen LogP contribution in [0.15, 0.2) is 48.7 Å². The molecule has 0 saturated heterocycles. The number of rotatable bonds is 5. The van der Waals surface area contributed by atoms with E-state index in [1.165, 1.54) is 12.8 Å². The molecule has 1 heterocycles. The third-order valence-electron chi connectivity index (χ3n) is 7.36. The average Bonchev–Trinajstić information content (AvgIpc) is 3.29. The van der Waals surface area contributed by atoms with Crippen LogP contribution in [-0.2, 0) is 9.59 Å². The minimum atomic E-state index is 0.136. The van der Waals surface area contributed by atoms with Gasteiger partial charge in [0.05, 0.1) is 0 Å². The first-order chi connectivity index (χ1) is 16.2. The van der Waals surface area contributed by atoms with E-state index >= 15 is 0 Å². The molecular formula is C28H33N3O2. The van der Waals surface area contributed by atoms with Crippen LogP contribution in [0.3, 0.4) is 0 Å². The van der Waals surface area contributed by atoms with Crippen molar-refractivity contribution in [1.29, 1.82) is 0 Å². The van der Waals surface area contributed by atoms with Gasteiger partial charge in [0.15, 0.2) is 0 Å². The molecule has 33 heavy (non-hydrogen) atoms. The highest BCUT2D eigenvalue weighted by atomic mass is 16.2. The first kappa shape index (κ1) is 21.7. The highest BCUT2D eigenvalue weighted by molar-refractivity contribution is 6.00. The Morgan fingerprint density at radius 3 is 1.85 bits per heavy atom. The van der Waals surface area contributed by atoms with E-state index in [1.807, 2.05) is 42.6 Å². The SMILES string of the molecule is O=C(Nc1ccc(-c2c[nH]c3ccc(NC(=O)C4CCCCC4)cc23)cc1)C1CCCCC1. The Hall–Kier alpha value is -3.08. The lowest BCUT2D eigenvalue weighted by atomic mass is 9.88. The molecule has 2 aliphatic carbocycles. The summed E-state index contributed by atoms with van der Waals surface area (Å²) in [5.74, 6) is 0.572. The summed E-state index contributed by atoms with van der Waals surface area (Å²) in [5.41, 5.74) is 4.89. The molecule has 0 bridgehead atoms. The van der Waals surface area contributed by atoms with Crippen LogP contribution in [0.2, 0.25) is 0 Å². The third-order valence-corrected chi connectivity index (χ3v) is 7.36. The fourth-order valence-electron chi connectivity index (χ4n) is 5.39. The molecule has 2 saturated carbocycles. The van der Waals surface area contributed by atoms with Crippen molar-refractivity contribution in [3.63, 3.8) is 0 Å². The number of carbonyl (C=O) groups is 2. The lowest BCUT2D eigenvalue weighted by Gasteiger charge is -2.20. The maximum Gasteiger partial charge on any atom is 0.227 e. The molecule has 3 N–H and O–H groups in total. The highest BCUT2D eigenvalue weighted by Gasteiger charge is 2.22. The monoisotopic (exact) mass is 443 g/mol. The lowest BCUT2D eigenvalue weighted by Crippen LogP contribution is -2.24. The number of H-pyrrole nitrogens is 1. The zero-order valence-corrected chi connectivity index (χ0v) is 19.2. The number of hydrogen-bond acceptors (Lipinski definition) is 2. The van der Waals surface area contributed by atoms with E-state index in [0.29, 0.717) is 0 Å². The molecule has 0 aliphatic heterocycles. The van der Waals surface area contributed by atoms with E-state index in [0.717, 1.165) is 84.8 Å². The number of aromatic amines is 1. The highest BCUT2D eigenvalue weighted by Crippen LogP contribution is 2.32. The molecule has 5 rings (SSSR count). The number of benzene rings is 2. The van der Waals surface area contributed by atoms with E-state index in [-0.39, 0.29) is 23.7 Å². The van der Waals surface area contributed by atoms with Crippen molar-refractivity contribution in [2.45, 2.75) is 64.2 Å². The largest absolute Gasteiger partial charge is 0.361 e. The molecule has 0 radical (unpaired) electrons. The summed E-state index contributed by atoms with van der Waals surface area (Å²) in [4.78, 5) is 28.6. The van der Waals surface area contributed by atoms with Crippen LogP contribution in [0.25, 0.3) is 22.0 Å². The first-order valence-electron chi connectivity index (χ1n) is 12.5. The van der Waals surface area contributed by atoms with Crippen molar-refractivity contribution in [3.8, 4) is 11.1 Å². The van der Waals surface area contributed by atoms with Crippen LogP contribution < -0.4 is 10.6 Å². The van der Waals surface area contributed by atoms with E-state index in [9.17, 15) is 9.59 Å². The summed E-state index contributed by atoms with van der Waals surface area (Å²) >= 11 is 0. The molecule has 0 atom stereocenters. The van der Waals surface area contributed by atoms with Crippen molar-refractivity contribution >= 4 is 34.1 Å². The summed E-state index contributed by atoms with van der Waals surface area (Å²) in [6, 6.07) is 14.1. The number of amides is 2. The van der Waals surface area contributed by atoms with Crippen LogP contribution in [0.5, 0.6) is 0 Å². The van der Waals surface area contributed by atoms with Crippen LogP contribution in [-0.4, -0.2) is 16.8 Å². The van der Waals surface area contributed by atoms with Crippen LogP contribution in [0.4, 0.5) is 11.4 Å². The molecule has 5 nitrogen and oxygen atoms in total. The van der Waals surface area contributed by atoms with Crippen molar-refractivity contribution in [2.75, 3.05) is 10.6 Å². The van der Waals surface area contributed by atoms with Gasteiger partial charge in [0.25, 0.3) is 0 Å². The fourth-order valence-corrected chi connectivity index (χ4v) is 5.39. The number of aromatic nitrogens is 1. The van der Waals surface area contributed by atoms with Gasteiger partial charge in [-0.3, -0.25) is 9.59 Å². The molecule has 2 aliphatic rings. The van der Waals surface area contributed by atoms with Gasteiger partial charge in [-0.15, -0.1) is 0 Å². The molecule has 172 valence electrons. The molecule has 2 fully saturated rings. The second-order valence-electron chi connectivity index (χ2n) is 9.69. The molecule has 5 heteroatoms. The van der Waals surface area contributed by atoms with E-state index in [1.54, 1.807) is 0 Å². The van der Waals surface area contributed by atoms with E-state index in [4.69, 9.17) is 0 Å². The van der Waals surface area contributed by atoms with Crippen molar-refractivity contribution in [3.05, 3.63) is 48.7 Å². The molecule has 0 spiro atoms. The van der Waals surface area contributed by atoms with Crippen molar-refractivity contribution in [2.24, 2.45) is 11.8 Å². The molecule has 0 unspecified atom stereocenters. The van der Waals surface area contributed by atoms with Gasteiger partial charge in [-0.25, -0.2) is 0 Å². The quantitative estimate of drug-likeness (QED) is 0.402. The predicted molar refractivity (Wildman–Crippen MR) is 134 cm³/mol. The Bertz CT molecular complexity index is 1120. The predicted octanol–water partition coefficient (Wildman–Crippen LogP) is 6.87. The Kier molecular flexibility index (Phi) is 6.47. The first-order valence-corrected chi connectivity index (χ1v) is 12.5. The number of anilines is 2. The van der Waals surface area contributed by atoms with E-state index < -0.39 is 0 Å². The Balaban J connectivity index is 1.30. The Morgan fingerprint density at radius 1 is 0.697 bits per heavy atom. The Labute approximate surface area is 195 Å². The molecule has 1 aromatic heterocycles. The maximum absolute atomic E-state index is 12.7. The molecule has 2 aromatic carbocycles. The Morgan fingerprint density at radius 2 is 1.24 bits per heavy atom. The standard InChI is InChI=1S/C28H33N3O2/c32-27(20-7-3-1-4-8-20)30-22-13-11-19(12-14-22)25-18-29-26-16-15-23(17-24(25)26)31-28(33)21-9-5-2-6-10-21/h11-18,20-21,29H,1-10H2,(H,30,32)(H,31,33). The summed E-state index contributed by atoms with van der Waals surface area (Å²) in [7, 11) is 0. The molecule has 2 amide bonds. The van der Waals surface area contributed by atoms with Crippen LogP contribution in [0.1, 0.15) is 64.2 Å². The normalized spacial score (nSPS) is 17.7. The van der Waals surface area contributed by atoms with Gasteiger partial charge in [0, 0.05) is 45.9 Å². The number of hydrogen-bond donors (Lipinski definition) is 3. The molecule has 3 aromatic rings. The lowest BCUT2D eigenvalue weighted by molar-refractivity contribution is -0.121. The zero-order chi connectivity index (χ0) is 22.6. The second kappa shape index (κ2) is 9.82.